The maximum absolute atomic E-state index is 13.0. The molecule has 12 heteroatoms. The minimum atomic E-state index is -4.37. The van der Waals surface area contributed by atoms with Crippen molar-refractivity contribution in [1.82, 2.24) is 0 Å². The Labute approximate surface area is 160 Å². The van der Waals surface area contributed by atoms with Gasteiger partial charge in [0.25, 0.3) is 20.2 Å². The number of rotatable bonds is 6. The first kappa shape index (κ1) is 19.9. The molecule has 0 unspecified atom stereocenters. The molecule has 28 heavy (non-hydrogen) atoms. The van der Waals surface area contributed by atoms with Gasteiger partial charge in [-0.3, -0.25) is 18.7 Å². The fraction of sp³-hybridized carbons (Fsp3) is 0.125. The molecule has 0 heterocycles. The Morgan fingerprint density at radius 3 is 1.36 bits per heavy atom. The van der Waals surface area contributed by atoms with Gasteiger partial charge in [-0.2, -0.15) is 16.8 Å². The minimum Gasteiger partial charge on any atom is -0.369 e. The van der Waals surface area contributed by atoms with E-state index in [0.717, 1.165) is 0 Å². The van der Waals surface area contributed by atoms with Gasteiger partial charge in [0.05, 0.1) is 11.1 Å². The molecule has 2 aromatic rings. The van der Waals surface area contributed by atoms with E-state index in [4.69, 9.17) is 9.11 Å². The summed E-state index contributed by atoms with van der Waals surface area (Å²) in [6, 6.07) is 8.37. The normalized spacial score (nSPS) is 13.6. The number of fused-ring (bicyclic) bond motifs is 2. The summed E-state index contributed by atoms with van der Waals surface area (Å²) in [6.07, 6.45) is 0. The molecule has 0 amide bonds. The quantitative estimate of drug-likeness (QED) is 0.417. The molecular weight excluding hydrogens is 412 g/mol. The van der Waals surface area contributed by atoms with Crippen LogP contribution in [-0.2, 0) is 20.2 Å². The number of hydrogen-bond acceptors (Lipinski definition) is 8. The monoisotopic (exact) mass is 426 g/mol. The summed E-state index contributed by atoms with van der Waals surface area (Å²) >= 11 is 0. The van der Waals surface area contributed by atoms with Crippen LogP contribution in [0.15, 0.2) is 36.4 Å². The highest BCUT2D eigenvalue weighted by atomic mass is 32.2. The predicted molar refractivity (Wildman–Crippen MR) is 99.8 cm³/mol. The lowest BCUT2D eigenvalue weighted by atomic mass is 9.82. The largest absolute Gasteiger partial charge is 0.369 e. The SMILES string of the molecule is O=C1c2cccc(NCS(=O)(=O)O)c2C(=O)c2cccc(NCS(=O)(=O)O)c21. The fourth-order valence-corrected chi connectivity index (χ4v) is 3.55. The third-order valence-corrected chi connectivity index (χ3v) is 4.98. The summed E-state index contributed by atoms with van der Waals surface area (Å²) in [6.45, 7) is 0. The van der Waals surface area contributed by atoms with Crippen molar-refractivity contribution in [3.8, 4) is 0 Å². The van der Waals surface area contributed by atoms with Gasteiger partial charge in [0.2, 0.25) is 0 Å². The summed E-state index contributed by atoms with van der Waals surface area (Å²) in [5.41, 5.74) is -0.0464. The second-order valence-electron chi connectivity index (χ2n) is 5.92. The van der Waals surface area contributed by atoms with E-state index in [1.54, 1.807) is 0 Å². The van der Waals surface area contributed by atoms with E-state index in [1.165, 1.54) is 36.4 Å². The fourth-order valence-electron chi connectivity index (χ4n) is 2.87. The molecular formula is C16H14N2O8S2. The van der Waals surface area contributed by atoms with Crippen LogP contribution in [0.3, 0.4) is 0 Å². The van der Waals surface area contributed by atoms with Gasteiger partial charge in [0.15, 0.2) is 11.6 Å². The Balaban J connectivity index is 2.08. The van der Waals surface area contributed by atoms with E-state index in [0.29, 0.717) is 0 Å². The molecule has 0 atom stereocenters. The molecule has 3 rings (SSSR count). The van der Waals surface area contributed by atoms with Crippen molar-refractivity contribution < 1.29 is 35.5 Å². The van der Waals surface area contributed by atoms with Crippen LogP contribution >= 0.6 is 0 Å². The van der Waals surface area contributed by atoms with Crippen molar-refractivity contribution in [2.45, 2.75) is 0 Å². The van der Waals surface area contributed by atoms with E-state index in [9.17, 15) is 26.4 Å². The third-order valence-electron chi connectivity index (χ3n) is 3.96. The summed E-state index contributed by atoms with van der Waals surface area (Å²) in [5, 5.41) is 4.83. The smallest absolute Gasteiger partial charge is 0.283 e. The minimum absolute atomic E-state index is 0.0149. The highest BCUT2D eigenvalue weighted by molar-refractivity contribution is 7.86. The number of carbonyl (C=O) groups excluding carboxylic acids is 2. The predicted octanol–water partition coefficient (Wildman–Crippen LogP) is 0.976. The molecule has 0 saturated heterocycles. The lowest BCUT2D eigenvalue weighted by molar-refractivity contribution is 0.0980. The summed E-state index contributed by atoms with van der Waals surface area (Å²) in [5.74, 6) is -2.88. The van der Waals surface area contributed by atoms with Crippen molar-refractivity contribution in [2.75, 3.05) is 22.4 Å². The summed E-state index contributed by atoms with van der Waals surface area (Å²) in [7, 11) is -8.73. The average molecular weight is 426 g/mol. The van der Waals surface area contributed by atoms with Gasteiger partial charge in [-0.05, 0) is 12.1 Å². The topological polar surface area (TPSA) is 167 Å². The Bertz CT molecular complexity index is 1110. The first-order valence-corrected chi connectivity index (χ1v) is 10.9. The van der Waals surface area contributed by atoms with Gasteiger partial charge in [0, 0.05) is 22.5 Å². The van der Waals surface area contributed by atoms with Gasteiger partial charge >= 0.3 is 0 Å². The van der Waals surface area contributed by atoms with E-state index in [-0.39, 0.29) is 33.6 Å². The van der Waals surface area contributed by atoms with Crippen LogP contribution in [0, 0.1) is 0 Å². The molecule has 148 valence electrons. The first-order valence-electron chi connectivity index (χ1n) is 7.71. The van der Waals surface area contributed by atoms with Crippen molar-refractivity contribution in [2.24, 2.45) is 0 Å². The molecule has 0 bridgehead atoms. The Kier molecular flexibility index (Phi) is 4.97. The van der Waals surface area contributed by atoms with Crippen LogP contribution < -0.4 is 10.6 Å². The van der Waals surface area contributed by atoms with Gasteiger partial charge in [0.1, 0.15) is 11.8 Å². The number of hydrogen-bond donors (Lipinski definition) is 4. The highest BCUT2D eigenvalue weighted by Gasteiger charge is 2.33. The zero-order valence-corrected chi connectivity index (χ0v) is 15.7. The standard InChI is InChI=1S/C16H14N2O8S2/c19-15-9-3-1-5-11(17-7-27(21,22)23)13(9)16(20)10-4-2-6-12(14(10)15)18-8-28(24,25)26/h1-6,17-18H,7-8H2,(H,21,22,23)(H,24,25,26). The van der Waals surface area contributed by atoms with Crippen molar-refractivity contribution >= 4 is 43.2 Å². The number of carbonyl (C=O) groups is 2. The molecule has 10 nitrogen and oxygen atoms in total. The van der Waals surface area contributed by atoms with Crippen LogP contribution in [0.1, 0.15) is 31.8 Å². The van der Waals surface area contributed by atoms with Crippen LogP contribution in [0.25, 0.3) is 0 Å². The lowest BCUT2D eigenvalue weighted by Crippen LogP contribution is -2.25. The number of benzene rings is 2. The van der Waals surface area contributed by atoms with E-state index in [2.05, 4.69) is 10.6 Å². The molecule has 0 saturated carbocycles. The molecule has 4 N–H and O–H groups in total. The van der Waals surface area contributed by atoms with Crippen LogP contribution in [0.5, 0.6) is 0 Å². The summed E-state index contributed by atoms with van der Waals surface area (Å²) in [4.78, 5) is 25.9. The van der Waals surface area contributed by atoms with Crippen LogP contribution in [-0.4, -0.2) is 49.3 Å². The molecule has 0 aromatic heterocycles. The highest BCUT2D eigenvalue weighted by Crippen LogP contribution is 2.35. The van der Waals surface area contributed by atoms with Gasteiger partial charge in [-0.25, -0.2) is 0 Å². The molecule has 1 aliphatic rings. The first-order chi connectivity index (χ1) is 13.0. The number of nitrogens with one attached hydrogen (secondary N) is 2. The maximum Gasteiger partial charge on any atom is 0.283 e. The molecule has 0 radical (unpaired) electrons. The van der Waals surface area contributed by atoms with Crippen molar-refractivity contribution in [3.63, 3.8) is 0 Å². The summed E-state index contributed by atoms with van der Waals surface area (Å²) < 4.78 is 61.7. The van der Waals surface area contributed by atoms with Gasteiger partial charge in [-0.15, -0.1) is 0 Å². The second kappa shape index (κ2) is 6.98. The van der Waals surface area contributed by atoms with Gasteiger partial charge in [-0.1, -0.05) is 24.3 Å². The van der Waals surface area contributed by atoms with E-state index in [1.807, 2.05) is 0 Å². The van der Waals surface area contributed by atoms with E-state index >= 15 is 0 Å². The van der Waals surface area contributed by atoms with Crippen molar-refractivity contribution in [1.29, 1.82) is 0 Å². The molecule has 1 aliphatic carbocycles. The second-order valence-corrected chi connectivity index (χ2v) is 8.83. The number of ketones is 2. The Morgan fingerprint density at radius 2 is 1.04 bits per heavy atom. The molecule has 0 spiro atoms. The third kappa shape index (κ3) is 4.04. The van der Waals surface area contributed by atoms with Crippen LogP contribution in [0.4, 0.5) is 11.4 Å². The zero-order chi connectivity index (χ0) is 20.7. The molecule has 0 aliphatic heterocycles. The van der Waals surface area contributed by atoms with E-state index < -0.39 is 43.6 Å². The zero-order valence-electron chi connectivity index (χ0n) is 14.0. The lowest BCUT2D eigenvalue weighted by Gasteiger charge is -2.22. The average Bonchev–Trinajstić information content (AvgIpc) is 2.61. The molecule has 2 aromatic carbocycles. The maximum atomic E-state index is 13.0. The Hall–Kier alpha value is -2.80. The van der Waals surface area contributed by atoms with Gasteiger partial charge < -0.3 is 10.6 Å². The Morgan fingerprint density at radius 1 is 0.679 bits per heavy atom. The van der Waals surface area contributed by atoms with Crippen LogP contribution in [0.2, 0.25) is 0 Å². The molecule has 0 fully saturated rings. The van der Waals surface area contributed by atoms with Crippen molar-refractivity contribution in [3.05, 3.63) is 58.7 Å². The number of anilines is 2.